The first-order valence-corrected chi connectivity index (χ1v) is 10.2. The Morgan fingerprint density at radius 2 is 1.50 bits per heavy atom. The van der Waals surface area contributed by atoms with Crippen LogP contribution in [0.15, 0.2) is 60.7 Å². The number of anilines is 1. The Labute approximate surface area is 176 Å². The molecule has 0 unspecified atom stereocenters. The van der Waals surface area contributed by atoms with Gasteiger partial charge in [-0.3, -0.25) is 19.3 Å². The maximum absolute atomic E-state index is 13.1. The minimum absolute atomic E-state index is 0.0518. The van der Waals surface area contributed by atoms with Crippen LogP contribution in [0.25, 0.3) is 0 Å². The van der Waals surface area contributed by atoms with Gasteiger partial charge in [0.1, 0.15) is 0 Å². The number of unbranched alkanes of at least 4 members (excludes halogenated alkanes) is 2. The average Bonchev–Trinajstić information content (AvgIpc) is 3.07. The van der Waals surface area contributed by atoms with Crippen LogP contribution in [0.4, 0.5) is 5.69 Å². The number of carbonyl (C=O) groups is 3. The van der Waals surface area contributed by atoms with Gasteiger partial charge < -0.3 is 4.90 Å². The summed E-state index contributed by atoms with van der Waals surface area (Å²) in [6, 6.07) is 15.6. The van der Waals surface area contributed by atoms with Crippen LogP contribution < -0.4 is 4.90 Å². The van der Waals surface area contributed by atoms with Crippen molar-refractivity contribution in [3.05, 3.63) is 77.4 Å². The Morgan fingerprint density at radius 1 is 0.833 bits per heavy atom. The van der Waals surface area contributed by atoms with Crippen molar-refractivity contribution in [1.29, 1.82) is 0 Å². The molecule has 0 aliphatic carbocycles. The number of amides is 3. The molecule has 150 valence electrons. The van der Waals surface area contributed by atoms with Gasteiger partial charge in [0.15, 0.2) is 0 Å². The van der Waals surface area contributed by atoms with E-state index < -0.39 is 0 Å². The van der Waals surface area contributed by atoms with Crippen LogP contribution in [0, 0.1) is 11.8 Å². The fourth-order valence-corrected chi connectivity index (χ4v) is 3.72. The SMILES string of the molecule is O=C1C=CC(=O)N1CCCCCC(=O)N1Cc2ccccc2C#Cc2ccccc21. The summed E-state index contributed by atoms with van der Waals surface area (Å²) in [6.45, 7) is 0.886. The molecule has 2 aromatic carbocycles. The molecule has 2 aromatic rings. The van der Waals surface area contributed by atoms with Crippen LogP contribution in [0.2, 0.25) is 0 Å². The van der Waals surface area contributed by atoms with Crippen LogP contribution in [0.5, 0.6) is 0 Å². The first-order valence-electron chi connectivity index (χ1n) is 10.2. The smallest absolute Gasteiger partial charge is 0.253 e. The van der Waals surface area contributed by atoms with Gasteiger partial charge in [0.25, 0.3) is 11.8 Å². The zero-order chi connectivity index (χ0) is 20.9. The maximum Gasteiger partial charge on any atom is 0.253 e. The van der Waals surface area contributed by atoms with E-state index in [9.17, 15) is 14.4 Å². The third-order valence-electron chi connectivity index (χ3n) is 5.35. The van der Waals surface area contributed by atoms with Gasteiger partial charge in [0, 0.05) is 36.2 Å². The Kier molecular flexibility index (Phi) is 5.76. The fraction of sp³-hybridized carbons (Fsp3) is 0.240. The highest BCUT2D eigenvalue weighted by atomic mass is 16.2. The van der Waals surface area contributed by atoms with E-state index in [0.717, 1.165) is 28.8 Å². The van der Waals surface area contributed by atoms with E-state index in [2.05, 4.69) is 11.8 Å². The molecule has 5 heteroatoms. The minimum Gasteiger partial charge on any atom is -0.307 e. The molecule has 0 N–H and O–H groups in total. The van der Waals surface area contributed by atoms with Crippen LogP contribution in [-0.4, -0.2) is 29.2 Å². The minimum atomic E-state index is -0.256. The number of para-hydroxylation sites is 1. The van der Waals surface area contributed by atoms with Gasteiger partial charge >= 0.3 is 0 Å². The van der Waals surface area contributed by atoms with Crippen LogP contribution in [0.1, 0.15) is 42.4 Å². The standard InChI is InChI=1S/C25H22N2O3/c28-23(12-2-1-7-17-26-24(29)15-16-25(26)30)27-18-21-10-4-3-8-19(21)13-14-20-9-5-6-11-22(20)27/h3-6,8-11,15-16H,1-2,7,12,17-18H2. The Bertz CT molecular complexity index is 1070. The number of benzene rings is 2. The second-order valence-electron chi connectivity index (χ2n) is 7.38. The van der Waals surface area contributed by atoms with Crippen molar-refractivity contribution in [2.45, 2.75) is 32.2 Å². The van der Waals surface area contributed by atoms with Crippen LogP contribution >= 0.6 is 0 Å². The van der Waals surface area contributed by atoms with Gasteiger partial charge in [-0.2, -0.15) is 0 Å². The molecule has 3 amide bonds. The molecule has 2 aliphatic heterocycles. The number of hydrogen-bond acceptors (Lipinski definition) is 3. The molecular weight excluding hydrogens is 376 g/mol. The molecule has 0 radical (unpaired) electrons. The molecule has 0 saturated carbocycles. The average molecular weight is 398 g/mol. The predicted molar refractivity (Wildman–Crippen MR) is 114 cm³/mol. The molecule has 2 aliphatic rings. The van der Waals surface area contributed by atoms with E-state index in [0.29, 0.717) is 32.4 Å². The fourth-order valence-electron chi connectivity index (χ4n) is 3.72. The normalized spacial score (nSPS) is 14.5. The van der Waals surface area contributed by atoms with E-state index in [1.807, 2.05) is 53.4 Å². The first kappa shape index (κ1) is 19.7. The van der Waals surface area contributed by atoms with E-state index >= 15 is 0 Å². The summed E-state index contributed by atoms with van der Waals surface area (Å²) >= 11 is 0. The molecule has 5 nitrogen and oxygen atoms in total. The van der Waals surface area contributed by atoms with Gasteiger partial charge in [-0.05, 0) is 36.6 Å². The topological polar surface area (TPSA) is 57.7 Å². The van der Waals surface area contributed by atoms with Gasteiger partial charge in [0.2, 0.25) is 5.91 Å². The largest absolute Gasteiger partial charge is 0.307 e. The molecule has 0 atom stereocenters. The third-order valence-corrected chi connectivity index (χ3v) is 5.35. The number of imide groups is 1. The first-order chi connectivity index (χ1) is 14.6. The quantitative estimate of drug-likeness (QED) is 0.426. The van der Waals surface area contributed by atoms with E-state index in [-0.39, 0.29) is 17.7 Å². The van der Waals surface area contributed by atoms with Gasteiger partial charge in [-0.25, -0.2) is 0 Å². The molecule has 0 spiro atoms. The lowest BCUT2D eigenvalue weighted by Crippen LogP contribution is -2.32. The molecule has 0 fully saturated rings. The van der Waals surface area contributed by atoms with Crippen molar-refractivity contribution < 1.29 is 14.4 Å². The Balaban J connectivity index is 1.40. The zero-order valence-corrected chi connectivity index (χ0v) is 16.6. The highest BCUT2D eigenvalue weighted by Gasteiger charge is 2.23. The van der Waals surface area contributed by atoms with Crippen LogP contribution in [-0.2, 0) is 20.9 Å². The van der Waals surface area contributed by atoms with Crippen molar-refractivity contribution >= 4 is 23.4 Å². The zero-order valence-electron chi connectivity index (χ0n) is 16.6. The molecule has 4 rings (SSSR count). The van der Waals surface area contributed by atoms with Crippen LogP contribution in [0.3, 0.4) is 0 Å². The summed E-state index contributed by atoms with van der Waals surface area (Å²) in [5, 5.41) is 0. The van der Waals surface area contributed by atoms with Crippen molar-refractivity contribution in [2.75, 3.05) is 11.4 Å². The molecule has 0 saturated heterocycles. The third kappa shape index (κ3) is 4.18. The highest BCUT2D eigenvalue weighted by molar-refractivity contribution is 6.12. The number of carbonyl (C=O) groups excluding carboxylic acids is 3. The monoisotopic (exact) mass is 398 g/mol. The summed E-state index contributed by atoms with van der Waals surface area (Å²) in [4.78, 5) is 39.3. The predicted octanol–water partition coefficient (Wildman–Crippen LogP) is 3.42. The Hall–Kier alpha value is -3.65. The van der Waals surface area contributed by atoms with E-state index in [4.69, 9.17) is 0 Å². The second-order valence-corrected chi connectivity index (χ2v) is 7.38. The summed E-state index contributed by atoms with van der Waals surface area (Å²) < 4.78 is 0. The van der Waals surface area contributed by atoms with Crippen molar-refractivity contribution in [3.63, 3.8) is 0 Å². The van der Waals surface area contributed by atoms with Crippen molar-refractivity contribution in [3.8, 4) is 11.8 Å². The number of fused-ring (bicyclic) bond motifs is 2. The number of nitrogens with zero attached hydrogens (tertiary/aromatic N) is 2. The van der Waals surface area contributed by atoms with Crippen molar-refractivity contribution in [1.82, 2.24) is 4.90 Å². The lowest BCUT2D eigenvalue weighted by atomic mass is 10.0. The van der Waals surface area contributed by atoms with Gasteiger partial charge in [-0.15, -0.1) is 0 Å². The molecule has 2 heterocycles. The molecule has 0 bridgehead atoms. The summed E-state index contributed by atoms with van der Waals surface area (Å²) in [6.07, 6.45) is 5.17. The molecule has 30 heavy (non-hydrogen) atoms. The van der Waals surface area contributed by atoms with Crippen molar-refractivity contribution in [2.24, 2.45) is 0 Å². The highest BCUT2D eigenvalue weighted by Crippen LogP contribution is 2.26. The van der Waals surface area contributed by atoms with E-state index in [1.54, 1.807) is 0 Å². The molecule has 0 aromatic heterocycles. The Morgan fingerprint density at radius 3 is 2.30 bits per heavy atom. The molecular formula is C25H22N2O3. The van der Waals surface area contributed by atoms with Gasteiger partial charge in [0.05, 0.1) is 12.2 Å². The lowest BCUT2D eigenvalue weighted by Gasteiger charge is -2.26. The maximum atomic E-state index is 13.1. The van der Waals surface area contributed by atoms with E-state index in [1.165, 1.54) is 17.1 Å². The summed E-state index contributed by atoms with van der Waals surface area (Å²) in [5.74, 6) is 5.96. The number of hydrogen-bond donors (Lipinski definition) is 0. The van der Waals surface area contributed by atoms with Gasteiger partial charge in [-0.1, -0.05) is 48.6 Å². The summed E-state index contributed by atoms with van der Waals surface area (Å²) in [5.41, 5.74) is 3.66. The summed E-state index contributed by atoms with van der Waals surface area (Å²) in [7, 11) is 0. The second kappa shape index (κ2) is 8.79. The lowest BCUT2D eigenvalue weighted by molar-refractivity contribution is -0.136. The number of rotatable bonds is 6.